The Labute approximate surface area is 88.3 Å². The topological polar surface area (TPSA) is 23.5 Å². The molecular formula is C12H25NO. The molecule has 0 heterocycles. The molecule has 1 unspecified atom stereocenters. The molecular weight excluding hydrogens is 174 g/mol. The molecule has 1 fully saturated rings. The highest BCUT2D eigenvalue weighted by Gasteiger charge is 2.34. The van der Waals surface area contributed by atoms with Crippen molar-refractivity contribution in [3.8, 4) is 0 Å². The first-order valence-electron chi connectivity index (χ1n) is 5.84. The van der Waals surface area contributed by atoms with Crippen LogP contribution in [-0.4, -0.2) is 37.3 Å². The van der Waals surface area contributed by atoms with Gasteiger partial charge in [0.2, 0.25) is 0 Å². The van der Waals surface area contributed by atoms with Crippen LogP contribution in [0.3, 0.4) is 0 Å². The fourth-order valence-electron chi connectivity index (χ4n) is 2.83. The third-order valence-corrected chi connectivity index (χ3v) is 3.63. The van der Waals surface area contributed by atoms with Crippen LogP contribution in [-0.2, 0) is 0 Å². The summed E-state index contributed by atoms with van der Waals surface area (Å²) in [4.78, 5) is 2.20. The van der Waals surface area contributed by atoms with E-state index in [0.29, 0.717) is 6.61 Å². The highest BCUT2D eigenvalue weighted by molar-refractivity contribution is 4.85. The smallest absolute Gasteiger partial charge is 0.0499 e. The maximum absolute atomic E-state index is 9.56. The molecule has 2 heteroatoms. The summed E-state index contributed by atoms with van der Waals surface area (Å²) < 4.78 is 0. The van der Waals surface area contributed by atoms with Gasteiger partial charge in [-0.15, -0.1) is 0 Å². The molecule has 0 aromatic carbocycles. The summed E-state index contributed by atoms with van der Waals surface area (Å²) in [6.45, 7) is 3.58. The van der Waals surface area contributed by atoms with Crippen LogP contribution in [0.2, 0.25) is 0 Å². The van der Waals surface area contributed by atoms with Gasteiger partial charge in [0.15, 0.2) is 0 Å². The van der Waals surface area contributed by atoms with Crippen molar-refractivity contribution in [3.63, 3.8) is 0 Å². The van der Waals surface area contributed by atoms with E-state index in [4.69, 9.17) is 0 Å². The van der Waals surface area contributed by atoms with E-state index in [0.717, 1.165) is 12.5 Å². The molecule has 1 aliphatic rings. The lowest BCUT2D eigenvalue weighted by atomic mass is 9.70. The van der Waals surface area contributed by atoms with Crippen LogP contribution in [0.25, 0.3) is 0 Å². The van der Waals surface area contributed by atoms with Crippen molar-refractivity contribution in [3.05, 3.63) is 0 Å². The number of nitrogens with zero attached hydrogens (tertiary/aromatic N) is 1. The third-order valence-electron chi connectivity index (χ3n) is 3.63. The van der Waals surface area contributed by atoms with Gasteiger partial charge in [-0.05, 0) is 32.9 Å². The molecule has 0 radical (unpaired) electrons. The standard InChI is InChI=1S/C12H25NO/c1-12(10-14,9-13(2)3)11-7-5-4-6-8-11/h11,14H,4-10H2,1-3H3. The SMILES string of the molecule is CN(C)CC(C)(CO)C1CCCCC1. The van der Waals surface area contributed by atoms with Crippen molar-refractivity contribution in [2.24, 2.45) is 11.3 Å². The molecule has 1 atom stereocenters. The Morgan fingerprint density at radius 1 is 1.21 bits per heavy atom. The van der Waals surface area contributed by atoms with Crippen molar-refractivity contribution >= 4 is 0 Å². The van der Waals surface area contributed by atoms with Gasteiger partial charge < -0.3 is 10.0 Å². The fraction of sp³-hybridized carbons (Fsp3) is 1.00. The zero-order valence-electron chi connectivity index (χ0n) is 9.92. The van der Waals surface area contributed by atoms with Crippen LogP contribution in [0.4, 0.5) is 0 Å². The van der Waals surface area contributed by atoms with E-state index in [1.807, 2.05) is 0 Å². The fourth-order valence-corrected chi connectivity index (χ4v) is 2.83. The minimum absolute atomic E-state index is 0.115. The van der Waals surface area contributed by atoms with Crippen molar-refractivity contribution < 1.29 is 5.11 Å². The van der Waals surface area contributed by atoms with E-state index in [1.165, 1.54) is 32.1 Å². The summed E-state index contributed by atoms with van der Waals surface area (Å²) in [5.41, 5.74) is 0.115. The molecule has 14 heavy (non-hydrogen) atoms. The molecule has 1 aliphatic carbocycles. The first-order chi connectivity index (χ1) is 6.58. The number of rotatable bonds is 4. The van der Waals surface area contributed by atoms with Gasteiger partial charge in [0.25, 0.3) is 0 Å². The van der Waals surface area contributed by atoms with E-state index in [2.05, 4.69) is 25.9 Å². The van der Waals surface area contributed by atoms with Gasteiger partial charge in [-0.3, -0.25) is 0 Å². The summed E-state index contributed by atoms with van der Waals surface area (Å²) in [7, 11) is 4.19. The van der Waals surface area contributed by atoms with Crippen LogP contribution >= 0.6 is 0 Å². The molecule has 0 aliphatic heterocycles. The normalized spacial score (nSPS) is 23.8. The molecule has 2 nitrogen and oxygen atoms in total. The van der Waals surface area contributed by atoms with Gasteiger partial charge in [0, 0.05) is 18.6 Å². The molecule has 0 spiro atoms. The number of aliphatic hydroxyl groups excluding tert-OH is 1. The largest absolute Gasteiger partial charge is 0.396 e. The molecule has 0 amide bonds. The summed E-state index contributed by atoms with van der Waals surface area (Å²) in [6.07, 6.45) is 6.72. The predicted molar refractivity (Wildman–Crippen MR) is 60.3 cm³/mol. The molecule has 0 saturated heterocycles. The Bertz CT molecular complexity index is 164. The Kier molecular flexibility index (Phi) is 4.39. The van der Waals surface area contributed by atoms with E-state index in [1.54, 1.807) is 0 Å². The quantitative estimate of drug-likeness (QED) is 0.749. The summed E-state index contributed by atoms with van der Waals surface area (Å²) >= 11 is 0. The second-order valence-corrected chi connectivity index (χ2v) is 5.38. The molecule has 84 valence electrons. The lowest BCUT2D eigenvalue weighted by Crippen LogP contribution is -2.41. The number of aliphatic hydroxyl groups is 1. The van der Waals surface area contributed by atoms with Crippen LogP contribution in [0.5, 0.6) is 0 Å². The van der Waals surface area contributed by atoms with Gasteiger partial charge in [-0.25, -0.2) is 0 Å². The highest BCUT2D eigenvalue weighted by atomic mass is 16.3. The van der Waals surface area contributed by atoms with Gasteiger partial charge in [0.05, 0.1) is 0 Å². The Hall–Kier alpha value is -0.0800. The van der Waals surface area contributed by atoms with Crippen LogP contribution < -0.4 is 0 Å². The lowest BCUT2D eigenvalue weighted by Gasteiger charge is -2.40. The van der Waals surface area contributed by atoms with Crippen molar-refractivity contribution in [2.45, 2.75) is 39.0 Å². The molecule has 0 aromatic rings. The number of hydrogen-bond acceptors (Lipinski definition) is 2. The van der Waals surface area contributed by atoms with Crippen LogP contribution in [0.15, 0.2) is 0 Å². The van der Waals surface area contributed by atoms with Crippen molar-refractivity contribution in [1.29, 1.82) is 0 Å². The van der Waals surface area contributed by atoms with E-state index < -0.39 is 0 Å². The molecule has 0 bridgehead atoms. The monoisotopic (exact) mass is 199 g/mol. The molecule has 1 rings (SSSR count). The average Bonchev–Trinajstić information content (AvgIpc) is 2.18. The van der Waals surface area contributed by atoms with Gasteiger partial charge in [-0.2, -0.15) is 0 Å². The minimum atomic E-state index is 0.115. The molecule has 0 aromatic heterocycles. The second-order valence-electron chi connectivity index (χ2n) is 5.38. The minimum Gasteiger partial charge on any atom is -0.396 e. The number of hydrogen-bond donors (Lipinski definition) is 1. The second kappa shape index (κ2) is 5.13. The Balaban J connectivity index is 2.56. The van der Waals surface area contributed by atoms with Gasteiger partial charge in [-0.1, -0.05) is 26.2 Å². The average molecular weight is 199 g/mol. The first kappa shape index (κ1) is 12.0. The maximum Gasteiger partial charge on any atom is 0.0499 e. The van der Waals surface area contributed by atoms with Crippen LogP contribution in [0.1, 0.15) is 39.0 Å². The van der Waals surface area contributed by atoms with E-state index in [9.17, 15) is 5.11 Å². The summed E-state index contributed by atoms with van der Waals surface area (Å²) in [5.74, 6) is 0.726. The van der Waals surface area contributed by atoms with E-state index >= 15 is 0 Å². The first-order valence-corrected chi connectivity index (χ1v) is 5.84. The Morgan fingerprint density at radius 3 is 2.21 bits per heavy atom. The van der Waals surface area contributed by atoms with Gasteiger partial charge in [0.1, 0.15) is 0 Å². The zero-order valence-corrected chi connectivity index (χ0v) is 9.92. The third kappa shape index (κ3) is 2.96. The predicted octanol–water partition coefficient (Wildman–Crippen LogP) is 2.13. The molecule has 1 saturated carbocycles. The van der Waals surface area contributed by atoms with Gasteiger partial charge >= 0.3 is 0 Å². The van der Waals surface area contributed by atoms with Crippen LogP contribution in [0, 0.1) is 11.3 Å². The lowest BCUT2D eigenvalue weighted by molar-refractivity contribution is 0.0331. The highest BCUT2D eigenvalue weighted by Crippen LogP contribution is 2.38. The Morgan fingerprint density at radius 2 is 1.79 bits per heavy atom. The maximum atomic E-state index is 9.56. The summed E-state index contributed by atoms with van der Waals surface area (Å²) in [6, 6.07) is 0. The summed E-state index contributed by atoms with van der Waals surface area (Å²) in [5, 5.41) is 9.56. The van der Waals surface area contributed by atoms with E-state index in [-0.39, 0.29) is 5.41 Å². The zero-order chi connectivity index (χ0) is 10.6. The van der Waals surface area contributed by atoms with Crippen molar-refractivity contribution in [2.75, 3.05) is 27.2 Å². The molecule has 1 N–H and O–H groups in total. The van der Waals surface area contributed by atoms with Crippen molar-refractivity contribution in [1.82, 2.24) is 4.90 Å².